The van der Waals surface area contributed by atoms with Crippen LogP contribution in [0.15, 0.2) is 96.2 Å². The number of nitro groups is 1. The van der Waals surface area contributed by atoms with Crippen molar-refractivity contribution in [2.45, 2.75) is 102 Å². The van der Waals surface area contributed by atoms with Gasteiger partial charge in [0.05, 0.1) is 35.5 Å². The third kappa shape index (κ3) is 10.5. The molecule has 14 nitrogen and oxygen atoms in total. The van der Waals surface area contributed by atoms with Crippen molar-refractivity contribution in [2.75, 3.05) is 33.5 Å². The first-order valence-electron chi connectivity index (χ1n) is 22.3. The molecular weight excluding hydrogens is 805 g/mol. The van der Waals surface area contributed by atoms with E-state index < -0.39 is 29.0 Å². The van der Waals surface area contributed by atoms with Crippen LogP contribution in [0.2, 0.25) is 0 Å². The summed E-state index contributed by atoms with van der Waals surface area (Å²) in [5.41, 5.74) is 4.84. The largest absolute Gasteiger partial charge is 0.487 e. The quantitative estimate of drug-likeness (QED) is 0.0368. The Morgan fingerprint density at radius 1 is 1.08 bits per heavy atom. The summed E-state index contributed by atoms with van der Waals surface area (Å²) in [7, 11) is 1.73. The first kappa shape index (κ1) is 45.6. The number of benzene rings is 2. The fourth-order valence-corrected chi connectivity index (χ4v) is 9.72. The summed E-state index contributed by atoms with van der Waals surface area (Å²) in [5, 5.41) is 36.0. The number of carbonyl (C=O) groups excluding carboxylic acids is 1. The molecule has 3 aromatic rings. The van der Waals surface area contributed by atoms with Gasteiger partial charge >= 0.3 is 0 Å². The number of aryl methyl sites for hydroxylation is 1. The zero-order valence-corrected chi connectivity index (χ0v) is 36.3. The van der Waals surface area contributed by atoms with Gasteiger partial charge in [-0.1, -0.05) is 36.2 Å². The first-order chi connectivity index (χ1) is 30.6. The van der Waals surface area contributed by atoms with Crippen LogP contribution in [0.1, 0.15) is 92.6 Å². The number of aliphatic hydroxyl groups is 2. The third-order valence-electron chi connectivity index (χ3n) is 12.7. The smallest absolute Gasteiger partial charge is 0.269 e. The van der Waals surface area contributed by atoms with E-state index in [0.29, 0.717) is 48.6 Å². The summed E-state index contributed by atoms with van der Waals surface area (Å²) < 4.78 is 26.7. The number of likely N-dealkylation sites (N-methyl/N-ethyl adjacent to an activating group) is 1. The molecule has 14 heteroatoms. The van der Waals surface area contributed by atoms with Crippen LogP contribution in [-0.4, -0.2) is 88.2 Å². The van der Waals surface area contributed by atoms with Crippen LogP contribution < -0.4 is 9.47 Å². The molecule has 0 spiro atoms. The van der Waals surface area contributed by atoms with Gasteiger partial charge in [-0.3, -0.25) is 19.9 Å². The lowest BCUT2D eigenvalue weighted by Gasteiger charge is -2.59. The van der Waals surface area contributed by atoms with Crippen molar-refractivity contribution in [1.29, 1.82) is 0 Å². The van der Waals surface area contributed by atoms with Crippen molar-refractivity contribution in [3.63, 3.8) is 0 Å². The molecule has 2 aromatic carbocycles. The number of hydrogen-bond acceptors (Lipinski definition) is 12. The molecule has 1 amide bonds. The Kier molecular flexibility index (Phi) is 15.4. The van der Waals surface area contributed by atoms with Crippen LogP contribution in [0.25, 0.3) is 6.08 Å². The third-order valence-corrected chi connectivity index (χ3v) is 12.7. The standard InChI is InChI=1S/C49H60N4O10/c1-4-27-61-49-44(52(3)45(56)24-19-34-17-20-37(21-18-34)53(57)58)31-42(51-63-46-16-7-10-28-59-46)40-29-35(13-5-8-25-54)39(15-6-9-26-55)47(48(40)49)41-30-38(22-23-43(41)62-49)60-32-36-14-11-12-33(2)50-36/h4,11-12,14,17-24,29-30,35,39,44,46-48,54-55H,1,5-10,13,15-16,25-28,31-32H2,2-3H3. The Morgan fingerprint density at radius 2 is 1.87 bits per heavy atom. The van der Waals surface area contributed by atoms with Crippen molar-refractivity contribution in [3.05, 3.63) is 124 Å². The SMILES string of the molecule is C=CCOC12Oc3ccc(OCc4cccc(C)n4)cc3C3C(CCCCO)C(CCCCO)C=C(C(=NOC4CCCCO4)CC1N(C)C(=O)C=Cc1ccc([N+](=O)[O-])cc1)C32. The second-order valence-corrected chi connectivity index (χ2v) is 16.9. The average Bonchev–Trinajstić information content (AvgIpc) is 3.30. The van der Waals surface area contributed by atoms with Crippen molar-refractivity contribution in [2.24, 2.45) is 22.9 Å². The van der Waals surface area contributed by atoms with Crippen molar-refractivity contribution < 1.29 is 43.7 Å². The number of ether oxygens (including phenoxy) is 4. The highest BCUT2D eigenvalue weighted by atomic mass is 16.8. The number of allylic oxidation sites excluding steroid dienone is 1. The van der Waals surface area contributed by atoms with Crippen molar-refractivity contribution in [3.8, 4) is 11.5 Å². The van der Waals surface area contributed by atoms with Gasteiger partial charge in [-0.25, -0.2) is 0 Å². The molecule has 0 radical (unpaired) electrons. The van der Waals surface area contributed by atoms with Crippen LogP contribution in [0.5, 0.6) is 11.5 Å². The van der Waals surface area contributed by atoms with Gasteiger partial charge in [0.25, 0.3) is 5.69 Å². The van der Waals surface area contributed by atoms with E-state index in [0.717, 1.165) is 61.0 Å². The lowest BCUT2D eigenvalue weighted by atomic mass is 9.55. The highest BCUT2D eigenvalue weighted by Crippen LogP contribution is 2.62. The van der Waals surface area contributed by atoms with E-state index in [1.165, 1.54) is 18.2 Å². The summed E-state index contributed by atoms with van der Waals surface area (Å²) in [4.78, 5) is 37.7. The maximum atomic E-state index is 14.4. The van der Waals surface area contributed by atoms with E-state index >= 15 is 0 Å². The topological polar surface area (TPSA) is 175 Å². The zero-order chi connectivity index (χ0) is 44.3. The number of carbonyl (C=O) groups is 1. The number of unbranched alkanes of at least 4 members (excludes halogenated alkanes) is 2. The number of non-ortho nitro benzene ring substituents is 1. The molecule has 7 atom stereocenters. The van der Waals surface area contributed by atoms with Gasteiger partial charge in [0.1, 0.15) is 24.1 Å². The summed E-state index contributed by atoms with van der Waals surface area (Å²) in [6, 6.07) is 17.0. The van der Waals surface area contributed by atoms with Gasteiger partial charge in [-0.15, -0.1) is 6.58 Å². The minimum Gasteiger partial charge on any atom is -0.487 e. The average molecular weight is 865 g/mol. The highest BCUT2D eigenvalue weighted by molar-refractivity contribution is 6.03. The molecule has 2 aliphatic carbocycles. The van der Waals surface area contributed by atoms with E-state index in [2.05, 4.69) is 23.7 Å². The molecule has 7 rings (SSSR count). The molecule has 0 bridgehead atoms. The van der Waals surface area contributed by atoms with Gasteiger partial charge in [-0.2, -0.15) is 0 Å². The lowest BCUT2D eigenvalue weighted by Crippen LogP contribution is -2.69. The second kappa shape index (κ2) is 21.3. The normalized spacial score (nSPS) is 25.7. The maximum absolute atomic E-state index is 14.4. The molecule has 63 heavy (non-hydrogen) atoms. The van der Waals surface area contributed by atoms with E-state index in [9.17, 15) is 25.1 Å². The predicted molar refractivity (Wildman–Crippen MR) is 238 cm³/mol. The number of aromatic nitrogens is 1. The number of oxime groups is 1. The molecule has 2 N–H and O–H groups in total. The van der Waals surface area contributed by atoms with Gasteiger partial charge in [0, 0.05) is 68.5 Å². The number of hydrogen-bond donors (Lipinski definition) is 2. The Morgan fingerprint density at radius 3 is 2.59 bits per heavy atom. The Balaban J connectivity index is 1.37. The number of fused-ring (bicyclic) bond motifs is 2. The van der Waals surface area contributed by atoms with Crippen LogP contribution in [0.4, 0.5) is 5.69 Å². The molecule has 3 heterocycles. The van der Waals surface area contributed by atoms with E-state index in [1.807, 2.05) is 37.3 Å². The molecule has 7 unspecified atom stereocenters. The monoisotopic (exact) mass is 864 g/mol. The number of rotatable bonds is 20. The number of amides is 1. The van der Waals surface area contributed by atoms with Gasteiger partial charge in [0.15, 0.2) is 0 Å². The first-order valence-corrected chi connectivity index (χ1v) is 22.3. The van der Waals surface area contributed by atoms with E-state index in [4.69, 9.17) is 28.9 Å². The molecule has 336 valence electrons. The number of aliphatic hydroxyl groups excluding tert-OH is 2. The molecule has 1 aromatic heterocycles. The second-order valence-electron chi connectivity index (χ2n) is 16.9. The van der Waals surface area contributed by atoms with Crippen LogP contribution in [0.3, 0.4) is 0 Å². The molecule has 1 saturated carbocycles. The fourth-order valence-electron chi connectivity index (χ4n) is 9.72. The van der Waals surface area contributed by atoms with Crippen molar-refractivity contribution in [1.82, 2.24) is 9.88 Å². The van der Waals surface area contributed by atoms with Crippen LogP contribution in [0, 0.1) is 34.8 Å². The van der Waals surface area contributed by atoms with Gasteiger partial charge < -0.3 is 38.9 Å². The summed E-state index contributed by atoms with van der Waals surface area (Å²) in [6.07, 6.45) is 13.9. The summed E-state index contributed by atoms with van der Waals surface area (Å²) in [6.45, 7) is 7.11. The molecule has 2 aliphatic heterocycles. The van der Waals surface area contributed by atoms with Crippen molar-refractivity contribution >= 4 is 23.4 Å². The fraction of sp³-hybridized carbons (Fsp3) is 0.490. The number of pyridine rings is 1. The summed E-state index contributed by atoms with van der Waals surface area (Å²) >= 11 is 0. The summed E-state index contributed by atoms with van der Waals surface area (Å²) in [5.74, 6) is -1.11. The van der Waals surface area contributed by atoms with Crippen LogP contribution >= 0.6 is 0 Å². The van der Waals surface area contributed by atoms with Gasteiger partial charge in [-0.05, 0) is 117 Å². The molecule has 4 aliphatic rings. The maximum Gasteiger partial charge on any atom is 0.269 e. The number of nitrogens with zero attached hydrogens (tertiary/aromatic N) is 4. The molecular formula is C49H60N4O10. The minimum absolute atomic E-state index is 0.0395. The Hall–Kier alpha value is -5.41. The van der Waals surface area contributed by atoms with Crippen LogP contribution in [-0.2, 0) is 25.7 Å². The Bertz CT molecular complexity index is 2150. The van der Waals surface area contributed by atoms with E-state index in [-0.39, 0.29) is 62.2 Å². The minimum atomic E-state index is -1.43. The zero-order valence-electron chi connectivity index (χ0n) is 36.3. The number of nitro benzene ring substituents is 1. The van der Waals surface area contributed by atoms with E-state index in [1.54, 1.807) is 36.2 Å². The van der Waals surface area contributed by atoms with Gasteiger partial charge in [0.2, 0.25) is 18.0 Å². The Labute approximate surface area is 369 Å². The highest BCUT2D eigenvalue weighted by Gasteiger charge is 2.65. The molecule has 2 fully saturated rings. The molecule has 1 saturated heterocycles. The lowest BCUT2D eigenvalue weighted by molar-refractivity contribution is -0.384. The predicted octanol–water partition coefficient (Wildman–Crippen LogP) is 8.21.